The number of hydrogen-bond donors (Lipinski definition) is 2. The Morgan fingerprint density at radius 2 is 2.47 bits per heavy atom. The lowest BCUT2D eigenvalue weighted by Gasteiger charge is -2.07. The zero-order valence-electron chi connectivity index (χ0n) is 8.69. The minimum atomic E-state index is -0.207. The van der Waals surface area contributed by atoms with Gasteiger partial charge in [0.25, 0.3) is 0 Å². The van der Waals surface area contributed by atoms with Crippen LogP contribution in [0.15, 0.2) is 5.16 Å². The van der Waals surface area contributed by atoms with E-state index >= 15 is 0 Å². The molecule has 1 aromatic rings. The minimum Gasteiger partial charge on any atom is -0.466 e. The number of aromatic nitrogens is 3. The molecule has 0 aliphatic heterocycles. The van der Waals surface area contributed by atoms with Crippen LogP contribution < -0.4 is 5.73 Å². The van der Waals surface area contributed by atoms with E-state index in [4.69, 9.17) is 10.5 Å². The highest BCUT2D eigenvalue weighted by molar-refractivity contribution is 7.99. The summed E-state index contributed by atoms with van der Waals surface area (Å²) in [7, 11) is 0. The van der Waals surface area contributed by atoms with Crippen LogP contribution in [0.25, 0.3) is 0 Å². The summed E-state index contributed by atoms with van der Waals surface area (Å²) in [6.45, 7) is 4.10. The first-order valence-electron chi connectivity index (χ1n) is 4.62. The maximum Gasteiger partial charge on any atom is 0.306 e. The zero-order chi connectivity index (χ0) is 11.3. The number of nitrogen functional groups attached to an aromatic ring is 1. The molecule has 0 radical (unpaired) electrons. The number of rotatable bonds is 5. The standard InChI is InChI=1S/C8H14N4O2S/c1-3-14-6(13)4-5(2)15-8-10-7(9)11-12-8/h5H,3-4H2,1-2H3,(H3,9,10,11,12). The molecule has 0 aliphatic carbocycles. The van der Waals surface area contributed by atoms with Gasteiger partial charge in [-0.1, -0.05) is 18.7 Å². The maximum absolute atomic E-state index is 11.1. The molecule has 1 aromatic heterocycles. The van der Waals surface area contributed by atoms with Crippen LogP contribution in [0.2, 0.25) is 0 Å². The molecule has 1 unspecified atom stereocenters. The predicted octanol–water partition coefficient (Wildman–Crippen LogP) is 0.821. The van der Waals surface area contributed by atoms with Gasteiger partial charge in [-0.15, -0.1) is 5.10 Å². The summed E-state index contributed by atoms with van der Waals surface area (Å²) >= 11 is 1.38. The number of anilines is 1. The van der Waals surface area contributed by atoms with E-state index in [-0.39, 0.29) is 17.2 Å². The predicted molar refractivity (Wildman–Crippen MR) is 57.4 cm³/mol. The molecule has 0 spiro atoms. The highest BCUT2D eigenvalue weighted by Crippen LogP contribution is 2.21. The second-order valence-corrected chi connectivity index (χ2v) is 4.35. The van der Waals surface area contributed by atoms with Crippen molar-refractivity contribution in [1.82, 2.24) is 15.2 Å². The smallest absolute Gasteiger partial charge is 0.306 e. The molecule has 84 valence electrons. The van der Waals surface area contributed by atoms with Crippen LogP contribution in [0, 0.1) is 0 Å². The van der Waals surface area contributed by atoms with Crippen molar-refractivity contribution in [2.24, 2.45) is 0 Å². The third kappa shape index (κ3) is 4.20. The Bertz CT molecular complexity index is 328. The molecule has 1 heterocycles. The SMILES string of the molecule is CCOC(=O)CC(C)Sc1n[nH]c(N)n1. The number of hydrogen-bond acceptors (Lipinski definition) is 6. The zero-order valence-corrected chi connectivity index (χ0v) is 9.50. The molecule has 1 rings (SSSR count). The minimum absolute atomic E-state index is 0.0687. The van der Waals surface area contributed by atoms with Crippen molar-refractivity contribution in [3.63, 3.8) is 0 Å². The number of carbonyl (C=O) groups excluding carboxylic acids is 1. The van der Waals surface area contributed by atoms with Crippen LogP contribution in [0.3, 0.4) is 0 Å². The van der Waals surface area contributed by atoms with Gasteiger partial charge in [-0.3, -0.25) is 4.79 Å². The largest absolute Gasteiger partial charge is 0.466 e. The first-order chi connectivity index (χ1) is 7.11. The Kier molecular flexibility index (Phi) is 4.41. The topological polar surface area (TPSA) is 93.9 Å². The normalized spacial score (nSPS) is 12.4. The van der Waals surface area contributed by atoms with Gasteiger partial charge in [-0.05, 0) is 6.92 Å². The lowest BCUT2D eigenvalue weighted by Crippen LogP contribution is -2.10. The van der Waals surface area contributed by atoms with Crippen molar-refractivity contribution < 1.29 is 9.53 Å². The number of H-pyrrole nitrogens is 1. The fraction of sp³-hybridized carbons (Fsp3) is 0.625. The highest BCUT2D eigenvalue weighted by atomic mass is 32.2. The Morgan fingerprint density at radius 3 is 3.00 bits per heavy atom. The van der Waals surface area contributed by atoms with E-state index in [2.05, 4.69) is 15.2 Å². The molecule has 0 bridgehead atoms. The second kappa shape index (κ2) is 5.59. The van der Waals surface area contributed by atoms with Gasteiger partial charge in [0.05, 0.1) is 13.0 Å². The molecule has 0 fully saturated rings. The van der Waals surface area contributed by atoms with Crippen LogP contribution in [0.1, 0.15) is 20.3 Å². The van der Waals surface area contributed by atoms with Crippen molar-refractivity contribution in [2.75, 3.05) is 12.3 Å². The summed E-state index contributed by atoms with van der Waals surface area (Å²) in [5, 5.41) is 7.01. The molecule has 15 heavy (non-hydrogen) atoms. The maximum atomic E-state index is 11.1. The van der Waals surface area contributed by atoms with Gasteiger partial charge in [0.2, 0.25) is 11.1 Å². The van der Waals surface area contributed by atoms with E-state index in [9.17, 15) is 4.79 Å². The molecule has 0 saturated heterocycles. The highest BCUT2D eigenvalue weighted by Gasteiger charge is 2.13. The van der Waals surface area contributed by atoms with Crippen molar-refractivity contribution in [3.05, 3.63) is 0 Å². The number of carbonyl (C=O) groups is 1. The average Bonchev–Trinajstić information content (AvgIpc) is 2.51. The molecule has 0 saturated carbocycles. The van der Waals surface area contributed by atoms with E-state index < -0.39 is 0 Å². The van der Waals surface area contributed by atoms with Crippen LogP contribution >= 0.6 is 11.8 Å². The number of nitrogens with one attached hydrogen (secondary N) is 1. The van der Waals surface area contributed by atoms with E-state index in [0.29, 0.717) is 18.2 Å². The van der Waals surface area contributed by atoms with Crippen LogP contribution in [0.4, 0.5) is 5.95 Å². The molecule has 0 aromatic carbocycles. The van der Waals surface area contributed by atoms with Gasteiger partial charge in [0.1, 0.15) is 0 Å². The fourth-order valence-corrected chi connectivity index (χ4v) is 1.82. The van der Waals surface area contributed by atoms with E-state index in [1.54, 1.807) is 6.92 Å². The van der Waals surface area contributed by atoms with Crippen molar-refractivity contribution >= 4 is 23.7 Å². The quantitative estimate of drug-likeness (QED) is 0.574. The number of ether oxygens (including phenoxy) is 1. The summed E-state index contributed by atoms with van der Waals surface area (Å²) in [6, 6.07) is 0. The van der Waals surface area contributed by atoms with E-state index in [1.165, 1.54) is 11.8 Å². The molecular weight excluding hydrogens is 216 g/mol. The number of aromatic amines is 1. The summed E-state index contributed by atoms with van der Waals surface area (Å²) in [5.41, 5.74) is 5.37. The summed E-state index contributed by atoms with van der Waals surface area (Å²) in [5.74, 6) is 0.0712. The molecule has 3 N–H and O–H groups in total. The first kappa shape index (κ1) is 11.8. The van der Waals surface area contributed by atoms with E-state index in [0.717, 1.165) is 0 Å². The van der Waals surface area contributed by atoms with Gasteiger partial charge < -0.3 is 10.5 Å². The van der Waals surface area contributed by atoms with Gasteiger partial charge >= 0.3 is 5.97 Å². The van der Waals surface area contributed by atoms with Gasteiger partial charge in [0, 0.05) is 5.25 Å². The molecule has 0 aliphatic rings. The van der Waals surface area contributed by atoms with Crippen LogP contribution in [-0.2, 0) is 9.53 Å². The number of nitrogens with two attached hydrogens (primary N) is 1. The second-order valence-electron chi connectivity index (χ2n) is 2.94. The van der Waals surface area contributed by atoms with E-state index in [1.807, 2.05) is 6.92 Å². The van der Waals surface area contributed by atoms with Gasteiger partial charge in [-0.25, -0.2) is 5.10 Å². The molecule has 7 heteroatoms. The van der Waals surface area contributed by atoms with Crippen LogP contribution in [-0.4, -0.2) is 33.0 Å². The average molecular weight is 230 g/mol. The number of thioether (sulfide) groups is 1. The van der Waals surface area contributed by atoms with Gasteiger partial charge in [0.15, 0.2) is 0 Å². The Hall–Kier alpha value is -1.24. The Balaban J connectivity index is 2.35. The molecule has 6 nitrogen and oxygen atoms in total. The van der Waals surface area contributed by atoms with Crippen LogP contribution in [0.5, 0.6) is 0 Å². The van der Waals surface area contributed by atoms with Crippen molar-refractivity contribution in [2.45, 2.75) is 30.7 Å². The van der Waals surface area contributed by atoms with Crippen molar-refractivity contribution in [3.8, 4) is 0 Å². The summed E-state index contributed by atoms with van der Waals surface area (Å²) in [6.07, 6.45) is 0.340. The summed E-state index contributed by atoms with van der Waals surface area (Å²) in [4.78, 5) is 15.1. The number of esters is 1. The Morgan fingerprint density at radius 1 is 1.73 bits per heavy atom. The molecular formula is C8H14N4O2S. The van der Waals surface area contributed by atoms with Crippen molar-refractivity contribution in [1.29, 1.82) is 0 Å². The third-order valence-corrected chi connectivity index (χ3v) is 2.51. The number of nitrogens with zero attached hydrogens (tertiary/aromatic N) is 2. The fourth-order valence-electron chi connectivity index (χ4n) is 0.987. The lowest BCUT2D eigenvalue weighted by molar-refractivity contribution is -0.142. The molecule has 0 amide bonds. The first-order valence-corrected chi connectivity index (χ1v) is 5.50. The monoisotopic (exact) mass is 230 g/mol. The summed E-state index contributed by atoms with van der Waals surface area (Å²) < 4.78 is 4.83. The third-order valence-electron chi connectivity index (χ3n) is 1.55. The van der Waals surface area contributed by atoms with Gasteiger partial charge in [-0.2, -0.15) is 4.98 Å². The lowest BCUT2D eigenvalue weighted by atomic mass is 10.3. The Labute approximate surface area is 92.0 Å². The molecule has 1 atom stereocenters.